The van der Waals surface area contributed by atoms with Crippen molar-refractivity contribution in [2.24, 2.45) is 0 Å². The molecule has 0 spiro atoms. The fraction of sp³-hybridized carbons (Fsp3) is 0.150. The van der Waals surface area contributed by atoms with Gasteiger partial charge in [0, 0.05) is 12.1 Å². The number of allylic oxidation sites excluding steroid dienone is 1. The highest BCUT2D eigenvalue weighted by Gasteiger charge is 2.13. The molecule has 2 rings (SSSR count). The van der Waals surface area contributed by atoms with E-state index in [0.717, 1.165) is 0 Å². The molecule has 0 N–H and O–H groups in total. The van der Waals surface area contributed by atoms with Gasteiger partial charge in [0.25, 0.3) is 5.69 Å². The summed E-state index contributed by atoms with van der Waals surface area (Å²) in [7, 11) is 0. The van der Waals surface area contributed by atoms with Crippen molar-refractivity contribution in [2.45, 2.75) is 6.92 Å². The second kappa shape index (κ2) is 9.42. The first-order valence-corrected chi connectivity index (χ1v) is 8.68. The summed E-state index contributed by atoms with van der Waals surface area (Å²) in [6.07, 6.45) is 6.86. The lowest BCUT2D eigenvalue weighted by Gasteiger charge is -2.13. The molecular weight excluding hydrogens is 412 g/mol. The van der Waals surface area contributed by atoms with E-state index >= 15 is 0 Å². The second-order valence-electron chi connectivity index (χ2n) is 5.23. The van der Waals surface area contributed by atoms with E-state index in [1.165, 1.54) is 18.2 Å². The predicted molar refractivity (Wildman–Crippen MR) is 106 cm³/mol. The number of nitrogens with zero attached hydrogens (tertiary/aromatic N) is 2. The lowest BCUT2D eigenvalue weighted by molar-refractivity contribution is -0.384. The highest BCUT2D eigenvalue weighted by Crippen LogP contribution is 2.38. The number of halogens is 1. The first-order chi connectivity index (χ1) is 13.0. The number of nitriles is 1. The van der Waals surface area contributed by atoms with Crippen LogP contribution in [0.3, 0.4) is 0 Å². The molecule has 0 saturated heterocycles. The molecule has 0 aliphatic heterocycles. The minimum atomic E-state index is -0.500. The van der Waals surface area contributed by atoms with Crippen molar-refractivity contribution in [1.29, 1.82) is 5.26 Å². The number of hydrogen-bond donors (Lipinski definition) is 0. The van der Waals surface area contributed by atoms with Gasteiger partial charge in [0.15, 0.2) is 11.5 Å². The minimum absolute atomic E-state index is 0.0807. The van der Waals surface area contributed by atoms with Crippen LogP contribution in [0.25, 0.3) is 11.6 Å². The number of nitro benzene ring substituents is 1. The van der Waals surface area contributed by atoms with Crippen molar-refractivity contribution in [2.75, 3.05) is 13.2 Å². The molecular formula is C20H15BrN2O4. The highest BCUT2D eigenvalue weighted by atomic mass is 79.9. The van der Waals surface area contributed by atoms with Crippen LogP contribution in [-0.4, -0.2) is 18.1 Å². The average molecular weight is 427 g/mol. The lowest BCUT2D eigenvalue weighted by Crippen LogP contribution is -2.00. The molecule has 7 heteroatoms. The summed E-state index contributed by atoms with van der Waals surface area (Å²) in [4.78, 5) is 10.5. The third-order valence-electron chi connectivity index (χ3n) is 3.43. The zero-order chi connectivity index (χ0) is 19.8. The number of ether oxygens (including phenoxy) is 2. The van der Waals surface area contributed by atoms with E-state index in [1.807, 2.05) is 6.92 Å². The van der Waals surface area contributed by atoms with Gasteiger partial charge in [0.1, 0.15) is 6.61 Å². The summed E-state index contributed by atoms with van der Waals surface area (Å²) in [6.45, 7) is 2.35. The maximum absolute atomic E-state index is 11.0. The van der Waals surface area contributed by atoms with E-state index in [-0.39, 0.29) is 17.9 Å². The fourth-order valence-electron chi connectivity index (χ4n) is 2.32. The van der Waals surface area contributed by atoms with Crippen LogP contribution in [0.4, 0.5) is 5.69 Å². The predicted octanol–water partition coefficient (Wildman–Crippen LogP) is 4.83. The van der Waals surface area contributed by atoms with Gasteiger partial charge in [0.2, 0.25) is 0 Å². The van der Waals surface area contributed by atoms with Crippen LogP contribution < -0.4 is 9.47 Å². The molecule has 6 nitrogen and oxygen atoms in total. The summed E-state index contributed by atoms with van der Waals surface area (Å²) in [5, 5.41) is 20.5. The van der Waals surface area contributed by atoms with Crippen LogP contribution in [0.5, 0.6) is 11.5 Å². The quantitative estimate of drug-likeness (QED) is 0.208. The molecule has 27 heavy (non-hydrogen) atoms. The van der Waals surface area contributed by atoms with Crippen LogP contribution >= 0.6 is 15.9 Å². The average Bonchev–Trinajstić information content (AvgIpc) is 2.66. The molecule has 0 unspecified atom stereocenters. The van der Waals surface area contributed by atoms with Crippen molar-refractivity contribution in [3.05, 3.63) is 62.1 Å². The van der Waals surface area contributed by atoms with Crippen molar-refractivity contribution in [3.8, 4) is 29.9 Å². The Bertz CT molecular complexity index is 971. The Morgan fingerprint density at radius 3 is 2.78 bits per heavy atom. The van der Waals surface area contributed by atoms with Crippen LogP contribution in [0.1, 0.15) is 18.1 Å². The van der Waals surface area contributed by atoms with E-state index in [1.54, 1.807) is 24.3 Å². The minimum Gasteiger partial charge on any atom is -0.490 e. The Morgan fingerprint density at radius 1 is 1.37 bits per heavy atom. The molecule has 0 aliphatic carbocycles. The molecule has 0 atom stereocenters. The molecule has 0 heterocycles. The van der Waals surface area contributed by atoms with E-state index in [2.05, 4.69) is 27.9 Å². The molecule has 136 valence electrons. The van der Waals surface area contributed by atoms with Crippen molar-refractivity contribution in [1.82, 2.24) is 0 Å². The Balaban J connectivity index is 2.49. The standard InChI is InChI=1S/C20H15BrN2O4/c1-3-8-27-20-18(21)10-14(11-19(20)26-4-2)9-16(13-22)15-6-5-7-17(12-15)23(24)25/h1,5-7,9-12H,4,8H2,2H3/b16-9+. The van der Waals surface area contributed by atoms with Crippen LogP contribution in [0, 0.1) is 33.8 Å². The lowest BCUT2D eigenvalue weighted by atomic mass is 10.0. The van der Waals surface area contributed by atoms with Crippen molar-refractivity contribution >= 4 is 33.3 Å². The fourth-order valence-corrected chi connectivity index (χ4v) is 2.90. The Labute approximate surface area is 165 Å². The largest absolute Gasteiger partial charge is 0.490 e. The molecule has 0 saturated carbocycles. The summed E-state index contributed by atoms with van der Waals surface area (Å²) >= 11 is 3.42. The number of hydrogen-bond acceptors (Lipinski definition) is 5. The van der Waals surface area contributed by atoms with Crippen molar-refractivity contribution in [3.63, 3.8) is 0 Å². The van der Waals surface area contributed by atoms with Gasteiger partial charge in [-0.25, -0.2) is 0 Å². The number of rotatable bonds is 7. The van der Waals surface area contributed by atoms with Crippen LogP contribution in [0.2, 0.25) is 0 Å². The topological polar surface area (TPSA) is 85.4 Å². The number of benzene rings is 2. The van der Waals surface area contributed by atoms with Gasteiger partial charge in [-0.2, -0.15) is 5.26 Å². The first kappa shape index (κ1) is 20.0. The number of non-ortho nitro benzene ring substituents is 1. The van der Waals surface area contributed by atoms with Gasteiger partial charge in [-0.3, -0.25) is 10.1 Å². The monoisotopic (exact) mass is 426 g/mol. The molecule has 0 bridgehead atoms. The van der Waals surface area contributed by atoms with Gasteiger partial charge in [-0.05, 0) is 52.2 Å². The number of nitro groups is 1. The van der Waals surface area contributed by atoms with Crippen molar-refractivity contribution < 1.29 is 14.4 Å². The van der Waals surface area contributed by atoms with Gasteiger partial charge >= 0.3 is 0 Å². The molecule has 2 aromatic carbocycles. The number of terminal acetylenes is 1. The zero-order valence-electron chi connectivity index (χ0n) is 14.4. The van der Waals surface area contributed by atoms with E-state index in [0.29, 0.717) is 33.7 Å². The Kier molecular flexibility index (Phi) is 6.99. The molecule has 2 aromatic rings. The summed E-state index contributed by atoms with van der Waals surface area (Å²) in [5.74, 6) is 3.35. The maximum Gasteiger partial charge on any atom is 0.270 e. The molecule has 0 aliphatic rings. The summed E-state index contributed by atoms with van der Waals surface area (Å²) < 4.78 is 11.7. The molecule has 0 amide bonds. The van der Waals surface area contributed by atoms with E-state index in [9.17, 15) is 15.4 Å². The third-order valence-corrected chi connectivity index (χ3v) is 4.02. The molecule has 0 radical (unpaired) electrons. The smallest absolute Gasteiger partial charge is 0.270 e. The van der Waals surface area contributed by atoms with Crippen LogP contribution in [0.15, 0.2) is 40.9 Å². The van der Waals surface area contributed by atoms with Gasteiger partial charge in [-0.15, -0.1) is 6.42 Å². The zero-order valence-corrected chi connectivity index (χ0v) is 16.0. The SMILES string of the molecule is C#CCOc1c(Br)cc(/C=C(\C#N)c2cccc([N+](=O)[O-])c2)cc1OCC. The molecule has 0 aromatic heterocycles. The molecule has 0 fully saturated rings. The van der Waals surface area contributed by atoms with E-state index < -0.39 is 4.92 Å². The third kappa shape index (κ3) is 5.10. The van der Waals surface area contributed by atoms with Gasteiger partial charge in [-0.1, -0.05) is 18.1 Å². The van der Waals surface area contributed by atoms with Gasteiger partial charge in [0.05, 0.1) is 27.6 Å². The first-order valence-electron chi connectivity index (χ1n) is 7.89. The van der Waals surface area contributed by atoms with Crippen LogP contribution in [-0.2, 0) is 0 Å². The van der Waals surface area contributed by atoms with E-state index in [4.69, 9.17) is 15.9 Å². The van der Waals surface area contributed by atoms with Gasteiger partial charge < -0.3 is 9.47 Å². The Morgan fingerprint density at radius 2 is 2.15 bits per heavy atom. The summed E-state index contributed by atoms with van der Waals surface area (Å²) in [6, 6.07) is 11.5. The Hall–Kier alpha value is -3.29. The highest BCUT2D eigenvalue weighted by molar-refractivity contribution is 9.10. The summed E-state index contributed by atoms with van der Waals surface area (Å²) in [5.41, 5.74) is 1.32. The second-order valence-corrected chi connectivity index (χ2v) is 6.09. The maximum atomic E-state index is 11.0. The normalized spacial score (nSPS) is 10.6.